The van der Waals surface area contributed by atoms with Gasteiger partial charge in [0.1, 0.15) is 0 Å². The maximum Gasteiger partial charge on any atom is 0 e. The Hall–Kier alpha value is -2.33. The van der Waals surface area contributed by atoms with E-state index < -0.39 is 0 Å². The van der Waals surface area contributed by atoms with Gasteiger partial charge in [0.05, 0.1) is 0 Å². The average Bonchev–Trinajstić information content (AvgIpc) is 3.26. The monoisotopic (exact) mass is 362 g/mol. The number of hydrogen-bond donors (Lipinski definition) is 0. The van der Waals surface area contributed by atoms with E-state index in [1.807, 2.05) is 12.1 Å². The van der Waals surface area contributed by atoms with Gasteiger partial charge in [-0.1, -0.05) is 73.2 Å². The van der Waals surface area contributed by atoms with Crippen LogP contribution in [-0.4, -0.2) is 0 Å². The van der Waals surface area contributed by atoms with Gasteiger partial charge in [0, 0.05) is 17.4 Å². The van der Waals surface area contributed by atoms with Crippen molar-refractivity contribution in [2.24, 2.45) is 0 Å². The van der Waals surface area contributed by atoms with Crippen LogP contribution in [0.1, 0.15) is 11.1 Å². The molecule has 0 bridgehead atoms. The van der Waals surface area contributed by atoms with Crippen molar-refractivity contribution in [2.45, 2.75) is 13.8 Å². The summed E-state index contributed by atoms with van der Waals surface area (Å²) >= 11 is 0. The fraction of sp³-hybridized carbons (Fsp3) is 0.0833. The van der Waals surface area contributed by atoms with Crippen LogP contribution in [-0.2, 0) is 17.4 Å². The minimum atomic E-state index is 0. The molecule has 0 heterocycles. The van der Waals surface area contributed by atoms with Crippen LogP contribution < -0.4 is 0 Å². The third kappa shape index (κ3) is 5.33. The van der Waals surface area contributed by atoms with E-state index in [2.05, 4.69) is 98.8 Å². The summed E-state index contributed by atoms with van der Waals surface area (Å²) in [6, 6.07) is 33.9. The summed E-state index contributed by atoms with van der Waals surface area (Å²) < 4.78 is 0. The Kier molecular flexibility index (Phi) is 7.02. The molecule has 0 nitrogen and oxygen atoms in total. The largest absolute Gasteiger partial charge is 0.745 e. The first-order valence-corrected chi connectivity index (χ1v) is 8.30. The van der Waals surface area contributed by atoms with Crippen molar-refractivity contribution in [2.75, 3.05) is 0 Å². The van der Waals surface area contributed by atoms with Crippen molar-refractivity contribution >= 4 is 0 Å². The average molecular weight is 362 g/mol. The van der Waals surface area contributed by atoms with Gasteiger partial charge in [0.2, 0.25) is 0 Å². The second-order valence-corrected chi connectivity index (χ2v) is 6.09. The minimum absolute atomic E-state index is 0. The van der Waals surface area contributed by atoms with E-state index >= 15 is 0 Å². The standard InChI is InChI=1S/2C12H11.Cr/c2*1-10-7-8-12(9-10)11-5-3-2-4-6-11;/h2*2-9H,1H3;/q-5;-1;. The molecule has 0 aliphatic heterocycles. The van der Waals surface area contributed by atoms with Gasteiger partial charge in [0.25, 0.3) is 0 Å². The number of hydrogen-bond acceptors (Lipinski definition) is 0. The third-order valence-electron chi connectivity index (χ3n) is 4.03. The van der Waals surface area contributed by atoms with Crippen LogP contribution in [0.5, 0.6) is 0 Å². The topological polar surface area (TPSA) is 0 Å². The Balaban J connectivity index is 0.000000173. The van der Waals surface area contributed by atoms with Crippen molar-refractivity contribution in [1.82, 2.24) is 0 Å². The van der Waals surface area contributed by atoms with Crippen LogP contribution in [0.25, 0.3) is 22.3 Å². The molecule has 0 unspecified atom stereocenters. The number of rotatable bonds is 2. The van der Waals surface area contributed by atoms with Crippen LogP contribution in [0.2, 0.25) is 0 Å². The Bertz CT molecular complexity index is 791. The van der Waals surface area contributed by atoms with E-state index in [1.54, 1.807) is 0 Å². The molecule has 0 aliphatic carbocycles. The number of aryl methyl sites for hydroxylation is 2. The van der Waals surface area contributed by atoms with Crippen molar-refractivity contribution in [3.8, 4) is 22.3 Å². The summed E-state index contributed by atoms with van der Waals surface area (Å²) in [6.45, 7) is 4.24. The molecule has 1 heteroatoms. The maximum absolute atomic E-state index is 2.20. The summed E-state index contributed by atoms with van der Waals surface area (Å²) in [5.41, 5.74) is 7.88. The van der Waals surface area contributed by atoms with Crippen LogP contribution in [0.15, 0.2) is 97.1 Å². The van der Waals surface area contributed by atoms with E-state index in [9.17, 15) is 0 Å². The molecule has 0 radical (unpaired) electrons. The van der Waals surface area contributed by atoms with Gasteiger partial charge < -0.3 is 29.3 Å². The molecular formula is C24H22Cr-6. The zero-order valence-electron chi connectivity index (χ0n) is 14.6. The van der Waals surface area contributed by atoms with Crippen molar-refractivity contribution < 1.29 is 17.4 Å². The molecule has 25 heavy (non-hydrogen) atoms. The Labute approximate surface area is 161 Å². The molecule has 0 spiro atoms. The van der Waals surface area contributed by atoms with Crippen LogP contribution in [0.4, 0.5) is 0 Å². The van der Waals surface area contributed by atoms with Crippen molar-refractivity contribution in [3.05, 3.63) is 108 Å². The molecule has 0 atom stereocenters. The molecule has 0 saturated heterocycles. The zero-order chi connectivity index (χ0) is 16.8. The second kappa shape index (κ2) is 9.23. The zero-order valence-corrected chi connectivity index (χ0v) is 15.9. The second-order valence-electron chi connectivity index (χ2n) is 6.09. The van der Waals surface area contributed by atoms with Crippen LogP contribution in [0, 0.1) is 13.8 Å². The predicted molar refractivity (Wildman–Crippen MR) is 104 cm³/mol. The first-order chi connectivity index (χ1) is 11.7. The summed E-state index contributed by atoms with van der Waals surface area (Å²) in [5.74, 6) is 0. The van der Waals surface area contributed by atoms with Crippen LogP contribution >= 0.6 is 0 Å². The molecule has 0 saturated carbocycles. The molecule has 0 aromatic heterocycles. The van der Waals surface area contributed by atoms with E-state index in [4.69, 9.17) is 0 Å². The summed E-state index contributed by atoms with van der Waals surface area (Å²) in [6.07, 6.45) is 0. The van der Waals surface area contributed by atoms with Gasteiger partial charge in [-0.25, -0.2) is 18.6 Å². The summed E-state index contributed by atoms with van der Waals surface area (Å²) in [7, 11) is 0. The summed E-state index contributed by atoms with van der Waals surface area (Å²) in [4.78, 5) is 0. The van der Waals surface area contributed by atoms with Gasteiger partial charge in [-0.3, -0.25) is 0 Å². The Morgan fingerprint density at radius 3 is 1.88 bits per heavy atom. The fourth-order valence-electron chi connectivity index (χ4n) is 2.75. The molecule has 0 aliphatic rings. The van der Waals surface area contributed by atoms with Gasteiger partial charge in [-0.2, -0.15) is 23.3 Å². The SMILES string of the molecule is C[c-]1[cH-][cH-][c-](-c2ccccc2)[cH-]1.C[c-]1ccc(-c2ccccc2)c1.[Cr]. The first kappa shape index (κ1) is 19.0. The molecule has 0 N–H and O–H groups in total. The molecule has 0 fully saturated rings. The normalized spacial score (nSPS) is 9.68. The first-order valence-electron chi connectivity index (χ1n) is 8.30. The molecule has 4 rings (SSSR count). The van der Waals surface area contributed by atoms with Crippen LogP contribution in [0.3, 0.4) is 0 Å². The predicted octanol–water partition coefficient (Wildman–Crippen LogP) is 6.76. The third-order valence-corrected chi connectivity index (χ3v) is 4.03. The Morgan fingerprint density at radius 1 is 0.720 bits per heavy atom. The van der Waals surface area contributed by atoms with Gasteiger partial charge in [0.15, 0.2) is 0 Å². The van der Waals surface area contributed by atoms with Gasteiger partial charge in [-0.05, 0) is 0 Å². The van der Waals surface area contributed by atoms with E-state index in [-0.39, 0.29) is 17.4 Å². The van der Waals surface area contributed by atoms with E-state index in [1.165, 1.54) is 33.4 Å². The molecule has 4 aromatic carbocycles. The van der Waals surface area contributed by atoms with E-state index in [0.717, 1.165) is 0 Å². The quantitative estimate of drug-likeness (QED) is 0.346. The Morgan fingerprint density at radius 2 is 1.36 bits per heavy atom. The van der Waals surface area contributed by atoms with Gasteiger partial charge in [-0.15, -0.1) is 0 Å². The van der Waals surface area contributed by atoms with E-state index in [0.29, 0.717) is 0 Å². The molecule has 0 amide bonds. The number of benzene rings is 2. The maximum atomic E-state index is 2.20. The fourth-order valence-corrected chi connectivity index (χ4v) is 2.75. The summed E-state index contributed by atoms with van der Waals surface area (Å²) in [5, 5.41) is 0. The van der Waals surface area contributed by atoms with Crippen molar-refractivity contribution in [3.63, 3.8) is 0 Å². The molecular weight excluding hydrogens is 340 g/mol. The van der Waals surface area contributed by atoms with Crippen molar-refractivity contribution in [1.29, 1.82) is 0 Å². The molecule has 4 aromatic rings. The smallest absolute Gasteiger partial charge is 0 e. The van der Waals surface area contributed by atoms with Gasteiger partial charge >= 0.3 is 0 Å². The minimum Gasteiger partial charge on any atom is -0.745 e. The molecule has 130 valence electrons.